The van der Waals surface area contributed by atoms with Crippen LogP contribution >= 0.6 is 31.9 Å². The molecule has 0 fully saturated rings. The Morgan fingerprint density at radius 1 is 1.10 bits per heavy atom. The second-order valence-electron chi connectivity index (χ2n) is 4.31. The Hall–Kier alpha value is -1.34. The van der Waals surface area contributed by atoms with Gasteiger partial charge in [-0.1, -0.05) is 6.92 Å². The molecular weight excluding hydrogens is 400 g/mol. The maximum Gasteiger partial charge on any atom is 0.135 e. The molecule has 0 bridgehead atoms. The van der Waals surface area contributed by atoms with Gasteiger partial charge in [0.2, 0.25) is 0 Å². The van der Waals surface area contributed by atoms with Gasteiger partial charge in [-0.15, -0.1) is 0 Å². The maximum atomic E-state index is 5.30. The highest BCUT2D eigenvalue weighted by atomic mass is 79.9. The number of nitrogens with one attached hydrogen (secondary N) is 2. The van der Waals surface area contributed by atoms with Crippen LogP contribution < -0.4 is 15.4 Å². The highest BCUT2D eigenvalue weighted by Gasteiger charge is 2.08. The molecule has 2 rings (SSSR count). The summed E-state index contributed by atoms with van der Waals surface area (Å²) in [5, 5.41) is 6.48. The van der Waals surface area contributed by atoms with Crippen LogP contribution in [0.3, 0.4) is 0 Å². The number of methoxy groups -OCH3 is 1. The number of hydrogen-bond acceptors (Lipinski definition) is 5. The Balaban J connectivity index is 2.21. The van der Waals surface area contributed by atoms with Crippen LogP contribution in [-0.2, 0) is 0 Å². The Morgan fingerprint density at radius 3 is 2.57 bits per heavy atom. The van der Waals surface area contributed by atoms with Crippen LogP contribution in [0, 0.1) is 0 Å². The van der Waals surface area contributed by atoms with Crippen LogP contribution in [0.15, 0.2) is 33.5 Å². The summed E-state index contributed by atoms with van der Waals surface area (Å²) in [6, 6.07) is 5.70. The van der Waals surface area contributed by atoms with Gasteiger partial charge in [-0.05, 0) is 44.3 Å². The normalized spacial score (nSPS) is 10.3. The first kappa shape index (κ1) is 16.0. The van der Waals surface area contributed by atoms with Gasteiger partial charge in [-0.25, -0.2) is 9.97 Å². The van der Waals surface area contributed by atoms with E-state index in [1.807, 2.05) is 18.2 Å². The predicted molar refractivity (Wildman–Crippen MR) is 92.5 cm³/mol. The number of rotatable bonds is 6. The molecule has 0 saturated carbocycles. The van der Waals surface area contributed by atoms with Crippen LogP contribution in [-0.4, -0.2) is 23.6 Å². The molecule has 0 unspecified atom stereocenters. The summed E-state index contributed by atoms with van der Waals surface area (Å²) in [7, 11) is 1.63. The first-order valence-electron chi connectivity index (χ1n) is 6.50. The van der Waals surface area contributed by atoms with Crippen molar-refractivity contribution < 1.29 is 4.74 Å². The van der Waals surface area contributed by atoms with E-state index in [4.69, 9.17) is 4.74 Å². The van der Waals surface area contributed by atoms with Crippen LogP contribution in [0.5, 0.6) is 5.75 Å². The minimum atomic E-state index is 0.716. The molecule has 0 aliphatic heterocycles. The second kappa shape index (κ2) is 7.61. The molecule has 1 heterocycles. The van der Waals surface area contributed by atoms with E-state index in [0.29, 0.717) is 5.82 Å². The lowest BCUT2D eigenvalue weighted by molar-refractivity contribution is 0.412. The fourth-order valence-corrected chi connectivity index (χ4v) is 2.95. The highest BCUT2D eigenvalue weighted by molar-refractivity contribution is 9.11. The molecule has 1 aromatic carbocycles. The third-order valence-corrected chi connectivity index (χ3v) is 4.00. The quantitative estimate of drug-likeness (QED) is 0.723. The molecule has 1 aromatic heterocycles. The lowest BCUT2D eigenvalue weighted by Gasteiger charge is -2.12. The molecule has 2 aromatic rings. The van der Waals surface area contributed by atoms with Crippen molar-refractivity contribution in [3.05, 3.63) is 33.5 Å². The summed E-state index contributed by atoms with van der Waals surface area (Å²) in [5.74, 6) is 2.27. The second-order valence-corrected chi connectivity index (χ2v) is 6.02. The zero-order chi connectivity index (χ0) is 15.2. The molecule has 0 amide bonds. The summed E-state index contributed by atoms with van der Waals surface area (Å²) < 4.78 is 7.10. The molecular formula is C14H16Br2N4O. The lowest BCUT2D eigenvalue weighted by atomic mass is 10.3. The predicted octanol–water partition coefficient (Wildman–Crippen LogP) is 4.58. The summed E-state index contributed by atoms with van der Waals surface area (Å²) in [5.41, 5.74) is 0.871. The van der Waals surface area contributed by atoms with Crippen LogP contribution in [0.4, 0.5) is 17.3 Å². The number of nitrogens with zero attached hydrogens (tertiary/aromatic N) is 2. The van der Waals surface area contributed by atoms with E-state index >= 15 is 0 Å². The standard InChI is InChI=1S/C14H16Br2N4O/c1-3-4-17-13-7-14(19-8-18-13)20-11-6-12(21-2)10(16)5-9(11)15/h5-8H,3-4H2,1-2H3,(H2,17,18,19,20). The molecule has 0 aliphatic rings. The lowest BCUT2D eigenvalue weighted by Crippen LogP contribution is -2.03. The van der Waals surface area contributed by atoms with E-state index in [-0.39, 0.29) is 0 Å². The Morgan fingerprint density at radius 2 is 1.86 bits per heavy atom. The van der Waals surface area contributed by atoms with Crippen molar-refractivity contribution in [2.75, 3.05) is 24.3 Å². The van der Waals surface area contributed by atoms with Crippen LogP contribution in [0.2, 0.25) is 0 Å². The molecule has 2 N–H and O–H groups in total. The van der Waals surface area contributed by atoms with Gasteiger partial charge in [-0.2, -0.15) is 0 Å². The number of ether oxygens (including phenoxy) is 1. The molecule has 0 aliphatic carbocycles. The van der Waals surface area contributed by atoms with E-state index < -0.39 is 0 Å². The average Bonchev–Trinajstić information content (AvgIpc) is 2.48. The molecule has 7 heteroatoms. The van der Waals surface area contributed by atoms with Gasteiger partial charge >= 0.3 is 0 Å². The Bertz CT molecular complexity index is 622. The van der Waals surface area contributed by atoms with Crippen LogP contribution in [0.1, 0.15) is 13.3 Å². The zero-order valence-corrected chi connectivity index (χ0v) is 15.0. The number of benzene rings is 1. The topological polar surface area (TPSA) is 59.1 Å². The minimum absolute atomic E-state index is 0.716. The number of hydrogen-bond donors (Lipinski definition) is 2. The van der Waals surface area contributed by atoms with Crippen molar-refractivity contribution in [3.63, 3.8) is 0 Å². The van der Waals surface area contributed by atoms with E-state index in [2.05, 4.69) is 59.4 Å². The summed E-state index contributed by atoms with van der Waals surface area (Å²) in [4.78, 5) is 8.41. The van der Waals surface area contributed by atoms with Gasteiger partial charge in [0.05, 0.1) is 17.3 Å². The largest absolute Gasteiger partial charge is 0.495 e. The molecule has 0 saturated heterocycles. The van der Waals surface area contributed by atoms with E-state index in [1.165, 1.54) is 6.33 Å². The van der Waals surface area contributed by atoms with E-state index in [0.717, 1.165) is 39.2 Å². The minimum Gasteiger partial charge on any atom is -0.495 e. The third kappa shape index (κ3) is 4.31. The fourth-order valence-electron chi connectivity index (χ4n) is 1.69. The highest BCUT2D eigenvalue weighted by Crippen LogP contribution is 2.35. The zero-order valence-electron chi connectivity index (χ0n) is 11.8. The van der Waals surface area contributed by atoms with Crippen molar-refractivity contribution >= 4 is 49.2 Å². The number of aromatic nitrogens is 2. The van der Waals surface area contributed by atoms with Gasteiger partial charge in [0.1, 0.15) is 23.7 Å². The Labute approximate surface area is 140 Å². The van der Waals surface area contributed by atoms with Crippen molar-refractivity contribution in [1.29, 1.82) is 0 Å². The first-order chi connectivity index (χ1) is 10.1. The monoisotopic (exact) mass is 414 g/mol. The van der Waals surface area contributed by atoms with E-state index in [9.17, 15) is 0 Å². The van der Waals surface area contributed by atoms with Crippen molar-refractivity contribution in [2.24, 2.45) is 0 Å². The fraction of sp³-hybridized carbons (Fsp3) is 0.286. The van der Waals surface area contributed by atoms with Gasteiger partial charge < -0.3 is 15.4 Å². The smallest absolute Gasteiger partial charge is 0.135 e. The van der Waals surface area contributed by atoms with Crippen molar-refractivity contribution in [1.82, 2.24) is 9.97 Å². The summed E-state index contributed by atoms with van der Waals surface area (Å²) >= 11 is 6.97. The molecule has 0 radical (unpaired) electrons. The van der Waals surface area contributed by atoms with E-state index in [1.54, 1.807) is 7.11 Å². The van der Waals surface area contributed by atoms with Crippen molar-refractivity contribution in [3.8, 4) is 5.75 Å². The van der Waals surface area contributed by atoms with Gasteiger partial charge in [0, 0.05) is 23.2 Å². The molecule has 21 heavy (non-hydrogen) atoms. The third-order valence-electron chi connectivity index (χ3n) is 2.73. The molecule has 112 valence electrons. The first-order valence-corrected chi connectivity index (χ1v) is 8.08. The average molecular weight is 416 g/mol. The Kier molecular flexibility index (Phi) is 5.81. The maximum absolute atomic E-state index is 5.30. The van der Waals surface area contributed by atoms with Gasteiger partial charge in [0.25, 0.3) is 0 Å². The SMILES string of the molecule is CCCNc1cc(Nc2cc(OC)c(Br)cc2Br)ncn1. The molecule has 0 spiro atoms. The summed E-state index contributed by atoms with van der Waals surface area (Å²) in [6.07, 6.45) is 2.58. The van der Waals surface area contributed by atoms with Gasteiger partial charge in [-0.3, -0.25) is 0 Å². The number of halogens is 2. The van der Waals surface area contributed by atoms with Crippen LogP contribution in [0.25, 0.3) is 0 Å². The summed E-state index contributed by atoms with van der Waals surface area (Å²) in [6.45, 7) is 2.99. The van der Waals surface area contributed by atoms with Crippen molar-refractivity contribution in [2.45, 2.75) is 13.3 Å². The van der Waals surface area contributed by atoms with Gasteiger partial charge in [0.15, 0.2) is 0 Å². The molecule has 5 nitrogen and oxygen atoms in total. The molecule has 0 atom stereocenters. The number of anilines is 3.